The van der Waals surface area contributed by atoms with Crippen molar-refractivity contribution in [3.8, 4) is 0 Å². The number of carbonyl (C=O) groups is 2. The van der Waals surface area contributed by atoms with E-state index < -0.39 is 12.0 Å². The van der Waals surface area contributed by atoms with Gasteiger partial charge in [-0.1, -0.05) is 47.1 Å². The number of hydrogen-bond acceptors (Lipinski definition) is 7. The Balaban J connectivity index is 1.63. The maximum Gasteiger partial charge on any atom is 0.338 e. The molecule has 0 radical (unpaired) electrons. The Hall–Kier alpha value is -2.81. The second kappa shape index (κ2) is 9.99. The molecule has 0 bridgehead atoms. The van der Waals surface area contributed by atoms with Crippen LogP contribution in [0.1, 0.15) is 35.8 Å². The number of rotatable bonds is 7. The zero-order valence-electron chi connectivity index (χ0n) is 17.8. The van der Waals surface area contributed by atoms with Crippen molar-refractivity contribution in [1.82, 2.24) is 14.8 Å². The van der Waals surface area contributed by atoms with Crippen molar-refractivity contribution < 1.29 is 14.3 Å². The number of nitrogens with zero attached hydrogens (tertiary/aromatic N) is 3. The van der Waals surface area contributed by atoms with Crippen LogP contribution in [0.5, 0.6) is 0 Å². The number of benzene rings is 2. The fraction of sp³-hybridized carbons (Fsp3) is 0.217. The third kappa shape index (κ3) is 5.08. The van der Waals surface area contributed by atoms with E-state index in [0.717, 1.165) is 5.56 Å². The third-order valence-corrected chi connectivity index (χ3v) is 6.35. The zero-order valence-corrected chi connectivity index (χ0v) is 20.2. The van der Waals surface area contributed by atoms with Gasteiger partial charge in [-0.15, -0.1) is 5.10 Å². The number of ether oxygens (including phenoxy) is 1. The summed E-state index contributed by atoms with van der Waals surface area (Å²) in [5, 5.41) is 9.30. The topological polar surface area (TPSA) is 86.1 Å². The fourth-order valence-electron chi connectivity index (χ4n) is 3.47. The lowest BCUT2D eigenvalue weighted by Crippen LogP contribution is -2.29. The molecule has 0 saturated carbocycles. The smallest absolute Gasteiger partial charge is 0.338 e. The zero-order chi connectivity index (χ0) is 23.5. The minimum absolute atomic E-state index is 0.0619. The quantitative estimate of drug-likeness (QED) is 0.262. The summed E-state index contributed by atoms with van der Waals surface area (Å²) in [5.41, 5.74) is 2.44. The maximum absolute atomic E-state index is 12.8. The Morgan fingerprint density at radius 3 is 2.36 bits per heavy atom. The van der Waals surface area contributed by atoms with Gasteiger partial charge in [0.25, 0.3) is 0 Å². The van der Waals surface area contributed by atoms with Crippen molar-refractivity contribution in [1.29, 1.82) is 0 Å². The van der Waals surface area contributed by atoms with Gasteiger partial charge in [0.1, 0.15) is 6.04 Å². The van der Waals surface area contributed by atoms with Crippen molar-refractivity contribution in [3.05, 3.63) is 81.0 Å². The molecule has 1 atom stereocenters. The Morgan fingerprint density at radius 2 is 1.73 bits per heavy atom. The lowest BCUT2D eigenvalue weighted by Gasteiger charge is -2.28. The van der Waals surface area contributed by atoms with Gasteiger partial charge in [-0.05, 0) is 55.8 Å². The second-order valence-corrected chi connectivity index (χ2v) is 9.03. The van der Waals surface area contributed by atoms with Gasteiger partial charge in [-0.3, -0.25) is 4.79 Å². The highest BCUT2D eigenvalue weighted by molar-refractivity contribution is 7.99. The molecule has 2 aromatic carbocycles. The molecular formula is C23H20Cl2N4O3S. The van der Waals surface area contributed by atoms with Crippen LogP contribution in [0.25, 0.3) is 0 Å². The molecule has 1 N–H and O–H groups in total. The summed E-state index contributed by atoms with van der Waals surface area (Å²) in [5.74, 6) is 0.138. The standard InChI is InChI=1S/C23H20Cl2N4O3S/c1-3-32-21(31)19-13(2)26-22-27-23(33-12-18(30)14-4-8-16(24)9-5-14)28-29(22)20(19)15-6-10-17(25)11-7-15/h4-11,20H,3,12H2,1-2H3,(H,26,27,28)/t20-/m0/s1. The van der Waals surface area contributed by atoms with Crippen molar-refractivity contribution in [2.75, 3.05) is 17.7 Å². The highest BCUT2D eigenvalue weighted by atomic mass is 35.5. The van der Waals surface area contributed by atoms with Crippen molar-refractivity contribution in [3.63, 3.8) is 0 Å². The number of ketones is 1. The average molecular weight is 503 g/mol. The molecule has 0 fully saturated rings. The largest absolute Gasteiger partial charge is 0.463 e. The summed E-state index contributed by atoms with van der Waals surface area (Å²) in [7, 11) is 0. The average Bonchev–Trinajstić information content (AvgIpc) is 3.20. The maximum atomic E-state index is 12.8. The molecular weight excluding hydrogens is 483 g/mol. The summed E-state index contributed by atoms with van der Waals surface area (Å²) >= 11 is 13.2. The molecule has 3 aromatic rings. The number of aromatic nitrogens is 3. The molecule has 170 valence electrons. The molecule has 2 heterocycles. The Kier molecular flexibility index (Phi) is 7.07. The van der Waals surface area contributed by atoms with Crippen LogP contribution in [-0.4, -0.2) is 38.9 Å². The number of nitrogens with one attached hydrogen (secondary N) is 1. The first-order chi connectivity index (χ1) is 15.9. The molecule has 7 nitrogen and oxygen atoms in total. The van der Waals surface area contributed by atoms with Crippen LogP contribution in [-0.2, 0) is 9.53 Å². The van der Waals surface area contributed by atoms with Gasteiger partial charge in [0.15, 0.2) is 5.78 Å². The van der Waals surface area contributed by atoms with Gasteiger partial charge in [-0.25, -0.2) is 9.48 Å². The lowest BCUT2D eigenvalue weighted by atomic mass is 9.96. The molecule has 1 aliphatic rings. The van der Waals surface area contributed by atoms with Gasteiger partial charge < -0.3 is 10.1 Å². The number of anilines is 1. The molecule has 0 amide bonds. The van der Waals surface area contributed by atoms with Gasteiger partial charge in [0.05, 0.1) is 17.9 Å². The molecule has 1 aliphatic heterocycles. The minimum atomic E-state index is -0.550. The lowest BCUT2D eigenvalue weighted by molar-refractivity contribution is -0.139. The number of esters is 1. The Bertz CT molecular complexity index is 1220. The second-order valence-electron chi connectivity index (χ2n) is 7.22. The number of fused-ring (bicyclic) bond motifs is 1. The van der Waals surface area contributed by atoms with Crippen LogP contribution in [0.2, 0.25) is 10.0 Å². The summed E-state index contributed by atoms with van der Waals surface area (Å²) in [6, 6.07) is 13.4. The normalized spacial score (nSPS) is 15.1. The van der Waals surface area contributed by atoms with Gasteiger partial charge in [0.2, 0.25) is 11.1 Å². The van der Waals surface area contributed by atoms with E-state index in [-0.39, 0.29) is 18.1 Å². The van der Waals surface area contributed by atoms with E-state index in [4.69, 9.17) is 27.9 Å². The highest BCUT2D eigenvalue weighted by Gasteiger charge is 2.35. The molecule has 0 unspecified atom stereocenters. The molecule has 0 aliphatic carbocycles. The van der Waals surface area contributed by atoms with E-state index in [1.165, 1.54) is 11.8 Å². The first-order valence-corrected chi connectivity index (χ1v) is 11.9. The number of thioether (sulfide) groups is 1. The van der Waals surface area contributed by atoms with Crippen LogP contribution in [0, 0.1) is 0 Å². The number of hydrogen-bond donors (Lipinski definition) is 1. The minimum Gasteiger partial charge on any atom is -0.463 e. The van der Waals surface area contributed by atoms with E-state index in [1.54, 1.807) is 54.9 Å². The fourth-order valence-corrected chi connectivity index (χ4v) is 4.44. The first kappa shape index (κ1) is 23.4. The number of carbonyl (C=O) groups excluding carboxylic acids is 2. The van der Waals surface area contributed by atoms with E-state index in [2.05, 4.69) is 15.4 Å². The number of allylic oxidation sites excluding steroid dienone is 1. The van der Waals surface area contributed by atoms with E-state index in [9.17, 15) is 9.59 Å². The summed E-state index contributed by atoms with van der Waals surface area (Å²) in [6.07, 6.45) is 0. The van der Waals surface area contributed by atoms with E-state index in [1.807, 2.05) is 12.1 Å². The van der Waals surface area contributed by atoms with Crippen LogP contribution in [0.3, 0.4) is 0 Å². The molecule has 4 rings (SSSR count). The van der Waals surface area contributed by atoms with Crippen molar-refractivity contribution in [2.24, 2.45) is 0 Å². The molecule has 0 spiro atoms. The molecule has 33 heavy (non-hydrogen) atoms. The summed E-state index contributed by atoms with van der Waals surface area (Å²) < 4.78 is 6.94. The monoisotopic (exact) mass is 502 g/mol. The van der Waals surface area contributed by atoms with Gasteiger partial charge >= 0.3 is 5.97 Å². The number of Topliss-reactive ketones (excluding diaryl/α,β-unsaturated/α-hetero) is 1. The predicted octanol–water partition coefficient (Wildman–Crippen LogP) is 5.41. The van der Waals surface area contributed by atoms with E-state index in [0.29, 0.717) is 38.0 Å². The van der Waals surface area contributed by atoms with E-state index >= 15 is 0 Å². The van der Waals surface area contributed by atoms with Crippen LogP contribution in [0.15, 0.2) is 65.0 Å². The number of halogens is 2. The van der Waals surface area contributed by atoms with Crippen LogP contribution >= 0.6 is 35.0 Å². The first-order valence-electron chi connectivity index (χ1n) is 10.2. The molecule has 1 aromatic heterocycles. The third-order valence-electron chi connectivity index (χ3n) is 5.01. The predicted molar refractivity (Wildman–Crippen MR) is 129 cm³/mol. The Labute approximate surface area is 205 Å². The summed E-state index contributed by atoms with van der Waals surface area (Å²) in [4.78, 5) is 29.9. The van der Waals surface area contributed by atoms with Crippen molar-refractivity contribution >= 4 is 52.7 Å². The van der Waals surface area contributed by atoms with Crippen LogP contribution in [0.4, 0.5) is 5.95 Å². The SMILES string of the molecule is CCOC(=O)C1=C(C)Nc2nc(SCC(=O)c3ccc(Cl)cc3)nn2[C@H]1c1ccc(Cl)cc1. The molecule has 10 heteroatoms. The van der Waals surface area contributed by atoms with Gasteiger partial charge in [0, 0.05) is 21.3 Å². The van der Waals surface area contributed by atoms with Crippen LogP contribution < -0.4 is 5.32 Å². The highest BCUT2D eigenvalue weighted by Crippen LogP contribution is 2.37. The molecule has 0 saturated heterocycles. The van der Waals surface area contributed by atoms with Crippen molar-refractivity contribution in [2.45, 2.75) is 25.0 Å². The Morgan fingerprint density at radius 1 is 1.09 bits per heavy atom. The summed E-state index contributed by atoms with van der Waals surface area (Å²) in [6.45, 7) is 3.81. The van der Waals surface area contributed by atoms with Gasteiger partial charge in [-0.2, -0.15) is 4.98 Å².